The molecule has 1 amide bonds. The van der Waals surface area contributed by atoms with Crippen LogP contribution in [0.15, 0.2) is 83.8 Å². The molecule has 168 valence electrons. The Morgan fingerprint density at radius 3 is 2.25 bits per heavy atom. The third kappa shape index (κ3) is 7.58. The smallest absolute Gasteiger partial charge is 0.232 e. The average Bonchev–Trinajstić information content (AvgIpc) is 2.77. The van der Waals surface area contributed by atoms with Crippen LogP contribution in [-0.4, -0.2) is 27.1 Å². The van der Waals surface area contributed by atoms with E-state index in [9.17, 15) is 13.2 Å². The zero-order valence-corrected chi connectivity index (χ0v) is 20.1. The standard InChI is InChI=1S/C24H25ClN2O3S2/c1-32(29,30)27(22-15-11-20(25)12-16-22)17-5-8-24(28)26-21-13-9-19(10-14-21)18-31-23-6-3-2-4-7-23/h2-4,6-7,9-16H,5,8,17-18H2,1H3,(H,26,28). The molecule has 0 aliphatic heterocycles. The number of amides is 1. The van der Waals surface area contributed by atoms with Gasteiger partial charge in [-0.25, -0.2) is 8.42 Å². The van der Waals surface area contributed by atoms with Gasteiger partial charge in [0.25, 0.3) is 0 Å². The lowest BCUT2D eigenvalue weighted by atomic mass is 10.2. The second kappa shape index (κ2) is 11.4. The van der Waals surface area contributed by atoms with Crippen LogP contribution in [0.4, 0.5) is 11.4 Å². The zero-order valence-electron chi connectivity index (χ0n) is 17.7. The lowest BCUT2D eigenvalue weighted by Crippen LogP contribution is -2.31. The van der Waals surface area contributed by atoms with Crippen molar-refractivity contribution in [1.29, 1.82) is 0 Å². The molecule has 0 atom stereocenters. The van der Waals surface area contributed by atoms with Crippen molar-refractivity contribution in [2.75, 3.05) is 22.4 Å². The number of carbonyl (C=O) groups excluding carboxylic acids is 1. The molecule has 0 saturated carbocycles. The Labute approximate surface area is 198 Å². The summed E-state index contributed by atoms with van der Waals surface area (Å²) in [5.74, 6) is 0.700. The van der Waals surface area contributed by atoms with E-state index >= 15 is 0 Å². The van der Waals surface area contributed by atoms with Gasteiger partial charge in [0, 0.05) is 34.3 Å². The van der Waals surface area contributed by atoms with E-state index in [1.807, 2.05) is 42.5 Å². The number of nitrogens with zero attached hydrogens (tertiary/aromatic N) is 1. The largest absolute Gasteiger partial charge is 0.326 e. The van der Waals surface area contributed by atoms with Crippen molar-refractivity contribution < 1.29 is 13.2 Å². The molecule has 5 nitrogen and oxygen atoms in total. The molecule has 32 heavy (non-hydrogen) atoms. The predicted molar refractivity (Wildman–Crippen MR) is 134 cm³/mol. The highest BCUT2D eigenvalue weighted by Gasteiger charge is 2.17. The zero-order chi connectivity index (χ0) is 23.0. The van der Waals surface area contributed by atoms with E-state index in [1.54, 1.807) is 36.0 Å². The SMILES string of the molecule is CS(=O)(=O)N(CCCC(=O)Nc1ccc(CSc2ccccc2)cc1)c1ccc(Cl)cc1. The number of nitrogens with one attached hydrogen (secondary N) is 1. The summed E-state index contributed by atoms with van der Waals surface area (Å²) in [5, 5.41) is 3.41. The molecular weight excluding hydrogens is 464 g/mol. The summed E-state index contributed by atoms with van der Waals surface area (Å²) in [6.45, 7) is 0.212. The van der Waals surface area contributed by atoms with Gasteiger partial charge in [-0.2, -0.15) is 0 Å². The summed E-state index contributed by atoms with van der Waals surface area (Å²) in [6.07, 6.45) is 1.76. The molecule has 0 heterocycles. The molecule has 8 heteroatoms. The topological polar surface area (TPSA) is 66.5 Å². The van der Waals surface area contributed by atoms with Crippen molar-refractivity contribution in [3.63, 3.8) is 0 Å². The quantitative estimate of drug-likeness (QED) is 0.365. The normalized spacial score (nSPS) is 11.2. The fourth-order valence-electron chi connectivity index (χ4n) is 3.07. The van der Waals surface area contributed by atoms with Crippen molar-refractivity contribution in [1.82, 2.24) is 0 Å². The molecular formula is C24H25ClN2O3S2. The summed E-state index contributed by atoms with van der Waals surface area (Å²) in [7, 11) is -3.46. The molecule has 0 fully saturated rings. The highest BCUT2D eigenvalue weighted by molar-refractivity contribution is 7.98. The van der Waals surface area contributed by atoms with Crippen LogP contribution >= 0.6 is 23.4 Å². The van der Waals surface area contributed by atoms with E-state index in [0.29, 0.717) is 17.1 Å². The summed E-state index contributed by atoms with van der Waals surface area (Å²) >= 11 is 7.65. The molecule has 3 aromatic rings. The van der Waals surface area contributed by atoms with Crippen molar-refractivity contribution in [2.45, 2.75) is 23.5 Å². The summed E-state index contributed by atoms with van der Waals surface area (Å²) in [6, 6.07) is 24.6. The molecule has 0 saturated heterocycles. The van der Waals surface area contributed by atoms with Gasteiger partial charge < -0.3 is 5.32 Å². The first-order valence-electron chi connectivity index (χ1n) is 10.1. The van der Waals surface area contributed by atoms with Gasteiger partial charge in [0.1, 0.15) is 0 Å². The first-order valence-corrected chi connectivity index (χ1v) is 13.3. The Hall–Kier alpha value is -2.48. The summed E-state index contributed by atoms with van der Waals surface area (Å²) in [5.41, 5.74) is 2.42. The number of halogens is 1. The number of benzene rings is 3. The van der Waals surface area contributed by atoms with Crippen molar-refractivity contribution in [3.05, 3.63) is 89.4 Å². The van der Waals surface area contributed by atoms with E-state index in [4.69, 9.17) is 11.6 Å². The molecule has 0 unspecified atom stereocenters. The Balaban J connectivity index is 1.48. The van der Waals surface area contributed by atoms with Crippen LogP contribution < -0.4 is 9.62 Å². The second-order valence-corrected chi connectivity index (χ2v) is 10.7. The van der Waals surface area contributed by atoms with Gasteiger partial charge in [0.2, 0.25) is 15.9 Å². The Kier molecular flexibility index (Phi) is 8.61. The van der Waals surface area contributed by atoms with Gasteiger partial charge >= 0.3 is 0 Å². The average molecular weight is 489 g/mol. The van der Waals surface area contributed by atoms with E-state index < -0.39 is 10.0 Å². The summed E-state index contributed by atoms with van der Waals surface area (Å²) in [4.78, 5) is 13.5. The molecule has 0 radical (unpaired) electrons. The minimum absolute atomic E-state index is 0.152. The fraction of sp³-hybridized carbons (Fsp3) is 0.208. The monoisotopic (exact) mass is 488 g/mol. The third-order valence-electron chi connectivity index (χ3n) is 4.67. The lowest BCUT2D eigenvalue weighted by molar-refractivity contribution is -0.116. The van der Waals surface area contributed by atoms with Crippen molar-refractivity contribution in [3.8, 4) is 0 Å². The van der Waals surface area contributed by atoms with Gasteiger partial charge in [-0.3, -0.25) is 9.10 Å². The number of hydrogen-bond donors (Lipinski definition) is 1. The minimum atomic E-state index is -3.46. The van der Waals surface area contributed by atoms with E-state index in [-0.39, 0.29) is 18.9 Å². The molecule has 0 aliphatic rings. The number of rotatable bonds is 10. The Morgan fingerprint density at radius 1 is 0.969 bits per heavy atom. The van der Waals surface area contributed by atoms with Crippen LogP contribution in [0, 0.1) is 0 Å². The number of carbonyl (C=O) groups is 1. The maximum atomic E-state index is 12.3. The van der Waals surface area contributed by atoms with E-state index in [1.165, 1.54) is 14.8 Å². The second-order valence-electron chi connectivity index (χ2n) is 7.26. The molecule has 0 aromatic heterocycles. The van der Waals surface area contributed by atoms with Crippen LogP contribution in [0.3, 0.4) is 0 Å². The summed E-state index contributed by atoms with van der Waals surface area (Å²) < 4.78 is 25.6. The minimum Gasteiger partial charge on any atom is -0.326 e. The highest BCUT2D eigenvalue weighted by atomic mass is 35.5. The van der Waals surface area contributed by atoms with Crippen molar-refractivity contribution in [2.24, 2.45) is 0 Å². The van der Waals surface area contributed by atoms with Crippen LogP contribution in [-0.2, 0) is 20.6 Å². The molecule has 0 spiro atoms. The van der Waals surface area contributed by atoms with Gasteiger partial charge in [0.15, 0.2) is 0 Å². The number of sulfonamides is 1. The molecule has 0 aliphatic carbocycles. The van der Waals surface area contributed by atoms with Crippen LogP contribution in [0.5, 0.6) is 0 Å². The fourth-order valence-corrected chi connectivity index (χ4v) is 5.03. The highest BCUT2D eigenvalue weighted by Crippen LogP contribution is 2.23. The Morgan fingerprint density at radius 2 is 1.62 bits per heavy atom. The van der Waals surface area contributed by atoms with E-state index in [0.717, 1.165) is 17.7 Å². The van der Waals surface area contributed by atoms with Gasteiger partial charge in [-0.05, 0) is 60.5 Å². The third-order valence-corrected chi connectivity index (χ3v) is 7.20. The maximum Gasteiger partial charge on any atom is 0.232 e. The molecule has 3 rings (SSSR count). The number of thioether (sulfide) groups is 1. The van der Waals surface area contributed by atoms with Crippen LogP contribution in [0.1, 0.15) is 18.4 Å². The van der Waals surface area contributed by atoms with Gasteiger partial charge in [0.05, 0.1) is 11.9 Å². The molecule has 0 bridgehead atoms. The molecule has 3 aromatic carbocycles. The Bertz CT molecular complexity index is 1120. The first-order chi connectivity index (χ1) is 15.3. The van der Waals surface area contributed by atoms with Crippen molar-refractivity contribution >= 4 is 50.7 Å². The van der Waals surface area contributed by atoms with Crippen LogP contribution in [0.25, 0.3) is 0 Å². The number of anilines is 2. The molecule has 1 N–H and O–H groups in total. The number of hydrogen-bond acceptors (Lipinski definition) is 4. The van der Waals surface area contributed by atoms with Gasteiger partial charge in [-0.1, -0.05) is 41.9 Å². The predicted octanol–water partition coefficient (Wildman–Crippen LogP) is 5.82. The van der Waals surface area contributed by atoms with Gasteiger partial charge in [-0.15, -0.1) is 11.8 Å². The lowest BCUT2D eigenvalue weighted by Gasteiger charge is -2.22. The first kappa shape index (κ1) is 24.2. The van der Waals surface area contributed by atoms with E-state index in [2.05, 4.69) is 17.4 Å². The maximum absolute atomic E-state index is 12.3. The van der Waals surface area contributed by atoms with Crippen LogP contribution in [0.2, 0.25) is 5.02 Å².